The van der Waals surface area contributed by atoms with Crippen molar-refractivity contribution in [3.8, 4) is 0 Å². The number of para-hydroxylation sites is 1. The van der Waals surface area contributed by atoms with Crippen molar-refractivity contribution in [2.45, 2.75) is 34.6 Å². The Morgan fingerprint density at radius 3 is 2.20 bits per heavy atom. The first-order valence-electron chi connectivity index (χ1n) is 5.65. The molecule has 0 fully saturated rings. The van der Waals surface area contributed by atoms with Crippen molar-refractivity contribution in [3.05, 3.63) is 30.1 Å². The second-order valence-electron chi connectivity index (χ2n) is 2.80. The minimum Gasteiger partial charge on any atom is -0.334 e. The molecule has 0 N–H and O–H groups in total. The molecule has 1 aromatic heterocycles. The minimum absolute atomic E-state index is 1.11. The molecule has 15 heavy (non-hydrogen) atoms. The molecule has 2 nitrogen and oxygen atoms in total. The average Bonchev–Trinajstić information content (AvgIpc) is 2.68. The minimum atomic E-state index is 1.11. The number of hydrogen-bond donors (Lipinski definition) is 0. The van der Waals surface area contributed by atoms with Gasteiger partial charge in [0, 0.05) is 7.05 Å². The quantitative estimate of drug-likeness (QED) is 0.638. The normalized spacial score (nSPS) is 8.67. The van der Waals surface area contributed by atoms with Gasteiger partial charge in [0.15, 0.2) is 0 Å². The Hall–Kier alpha value is -1.31. The van der Waals surface area contributed by atoms with Crippen molar-refractivity contribution in [1.29, 1.82) is 0 Å². The predicted octanol–water partition coefficient (Wildman–Crippen LogP) is 3.93. The monoisotopic (exact) mass is 206 g/mol. The Morgan fingerprint density at radius 1 is 1.07 bits per heavy atom. The summed E-state index contributed by atoms with van der Waals surface area (Å²) < 4.78 is 2.03. The van der Waals surface area contributed by atoms with Gasteiger partial charge in [-0.25, -0.2) is 4.98 Å². The third kappa shape index (κ3) is 3.08. The fourth-order valence-corrected chi connectivity index (χ4v) is 1.30. The molecular formula is C13H22N2. The van der Waals surface area contributed by atoms with Crippen LogP contribution in [0.25, 0.3) is 11.0 Å². The fourth-order valence-electron chi connectivity index (χ4n) is 1.30. The Bertz CT molecular complexity index is 388. The van der Waals surface area contributed by atoms with Crippen molar-refractivity contribution in [2.75, 3.05) is 0 Å². The predicted molar refractivity (Wildman–Crippen MR) is 68.1 cm³/mol. The van der Waals surface area contributed by atoms with Crippen molar-refractivity contribution in [3.63, 3.8) is 0 Å². The Balaban J connectivity index is 0.000000442. The van der Waals surface area contributed by atoms with Gasteiger partial charge in [0.25, 0.3) is 0 Å². The molecule has 0 aliphatic heterocycles. The van der Waals surface area contributed by atoms with E-state index in [4.69, 9.17) is 0 Å². The summed E-state index contributed by atoms with van der Waals surface area (Å²) in [5.41, 5.74) is 3.54. The molecule has 0 amide bonds. The number of nitrogens with zero attached hydrogens (tertiary/aromatic N) is 2. The molecule has 0 spiro atoms. The molecule has 0 aliphatic carbocycles. The molecule has 84 valence electrons. The lowest BCUT2D eigenvalue weighted by Crippen LogP contribution is -1.83. The molecule has 2 heteroatoms. The smallest absolute Gasteiger partial charge is 0.0955 e. The topological polar surface area (TPSA) is 17.8 Å². The Morgan fingerprint density at radius 2 is 1.67 bits per heavy atom. The summed E-state index contributed by atoms with van der Waals surface area (Å²) in [6.45, 7) is 10.1. The number of imidazole rings is 1. The van der Waals surface area contributed by atoms with E-state index in [0.717, 1.165) is 5.52 Å². The molecular weight excluding hydrogens is 184 g/mol. The lowest BCUT2D eigenvalue weighted by molar-refractivity contribution is 0.948. The van der Waals surface area contributed by atoms with Gasteiger partial charge in [-0.15, -0.1) is 0 Å². The summed E-state index contributed by atoms with van der Waals surface area (Å²) in [5, 5.41) is 0. The van der Waals surface area contributed by atoms with Crippen LogP contribution in [-0.4, -0.2) is 9.55 Å². The van der Waals surface area contributed by atoms with Crippen molar-refractivity contribution in [1.82, 2.24) is 9.55 Å². The maximum absolute atomic E-state index is 4.28. The molecule has 0 unspecified atom stereocenters. The van der Waals surface area contributed by atoms with Crippen molar-refractivity contribution in [2.24, 2.45) is 7.05 Å². The molecule has 2 aromatic rings. The van der Waals surface area contributed by atoms with E-state index in [1.54, 1.807) is 0 Å². The molecule has 0 saturated heterocycles. The molecule has 1 heterocycles. The summed E-state index contributed by atoms with van der Waals surface area (Å²) in [7, 11) is 2.01. The summed E-state index contributed by atoms with van der Waals surface area (Å²) in [6, 6.07) is 6.21. The van der Waals surface area contributed by atoms with E-state index in [-0.39, 0.29) is 0 Å². The maximum Gasteiger partial charge on any atom is 0.0955 e. The van der Waals surface area contributed by atoms with Crippen LogP contribution in [0.5, 0.6) is 0 Å². The zero-order valence-corrected chi connectivity index (χ0v) is 10.7. The average molecular weight is 206 g/mol. The SMILES string of the molecule is CC.CC.Cc1cccc2c1ncn2C. The van der Waals surface area contributed by atoms with Crippen LogP contribution in [0.3, 0.4) is 0 Å². The molecule has 2 rings (SSSR count). The highest BCUT2D eigenvalue weighted by Gasteiger charge is 1.99. The first-order valence-corrected chi connectivity index (χ1v) is 5.65. The first-order chi connectivity index (χ1) is 7.29. The molecule has 0 saturated carbocycles. The van der Waals surface area contributed by atoms with Gasteiger partial charge in [-0.05, 0) is 18.6 Å². The second kappa shape index (κ2) is 7.04. The van der Waals surface area contributed by atoms with E-state index >= 15 is 0 Å². The summed E-state index contributed by atoms with van der Waals surface area (Å²) in [4.78, 5) is 4.28. The number of aryl methyl sites for hydroxylation is 2. The van der Waals surface area contributed by atoms with Crippen LogP contribution < -0.4 is 0 Å². The van der Waals surface area contributed by atoms with Gasteiger partial charge in [-0.1, -0.05) is 39.8 Å². The Labute approximate surface area is 93.0 Å². The van der Waals surface area contributed by atoms with Gasteiger partial charge in [-0.2, -0.15) is 0 Å². The highest BCUT2D eigenvalue weighted by Crippen LogP contribution is 2.14. The van der Waals surface area contributed by atoms with Crippen LogP contribution >= 0.6 is 0 Å². The highest BCUT2D eigenvalue weighted by molar-refractivity contribution is 5.78. The summed E-state index contributed by atoms with van der Waals surface area (Å²) in [6.07, 6.45) is 1.84. The largest absolute Gasteiger partial charge is 0.334 e. The fraction of sp³-hybridized carbons (Fsp3) is 0.462. The van der Waals surface area contributed by atoms with Crippen LogP contribution in [0.2, 0.25) is 0 Å². The second-order valence-corrected chi connectivity index (χ2v) is 2.80. The van der Waals surface area contributed by atoms with Crippen molar-refractivity contribution >= 4 is 11.0 Å². The van der Waals surface area contributed by atoms with Crippen LogP contribution in [0.1, 0.15) is 33.3 Å². The van der Waals surface area contributed by atoms with Crippen LogP contribution in [0.15, 0.2) is 24.5 Å². The zero-order valence-electron chi connectivity index (χ0n) is 10.7. The number of rotatable bonds is 0. The Kier molecular flexibility index (Phi) is 6.43. The molecule has 0 aliphatic rings. The van der Waals surface area contributed by atoms with E-state index in [0.29, 0.717) is 0 Å². The van der Waals surface area contributed by atoms with Gasteiger partial charge < -0.3 is 4.57 Å². The maximum atomic E-state index is 4.28. The summed E-state index contributed by atoms with van der Waals surface area (Å²) >= 11 is 0. The van der Waals surface area contributed by atoms with Gasteiger partial charge in [0.05, 0.1) is 17.4 Å². The first kappa shape index (κ1) is 13.7. The molecule has 1 aromatic carbocycles. The van der Waals surface area contributed by atoms with Crippen LogP contribution in [-0.2, 0) is 7.05 Å². The van der Waals surface area contributed by atoms with Crippen LogP contribution in [0, 0.1) is 6.92 Å². The third-order valence-electron chi connectivity index (χ3n) is 1.96. The number of benzene rings is 1. The van der Waals surface area contributed by atoms with Crippen molar-refractivity contribution < 1.29 is 0 Å². The molecule has 0 radical (unpaired) electrons. The summed E-state index contributed by atoms with van der Waals surface area (Å²) in [5.74, 6) is 0. The van der Waals surface area contributed by atoms with E-state index in [1.165, 1.54) is 11.1 Å². The lowest BCUT2D eigenvalue weighted by Gasteiger charge is -1.94. The van der Waals surface area contributed by atoms with E-state index in [2.05, 4.69) is 30.1 Å². The standard InChI is InChI=1S/C9H10N2.2C2H6/c1-7-4-3-5-8-9(7)10-6-11(8)2;2*1-2/h3-6H,1-2H3;2*1-2H3. The number of hydrogen-bond acceptors (Lipinski definition) is 1. The third-order valence-corrected chi connectivity index (χ3v) is 1.96. The van der Waals surface area contributed by atoms with Gasteiger partial charge >= 0.3 is 0 Å². The number of aromatic nitrogens is 2. The number of fused-ring (bicyclic) bond motifs is 1. The zero-order chi connectivity index (χ0) is 11.8. The van der Waals surface area contributed by atoms with Gasteiger partial charge in [0.2, 0.25) is 0 Å². The molecule has 0 bridgehead atoms. The van der Waals surface area contributed by atoms with E-state index in [9.17, 15) is 0 Å². The van der Waals surface area contributed by atoms with Crippen LogP contribution in [0.4, 0.5) is 0 Å². The van der Waals surface area contributed by atoms with Gasteiger partial charge in [-0.3, -0.25) is 0 Å². The van der Waals surface area contributed by atoms with E-state index < -0.39 is 0 Å². The lowest BCUT2D eigenvalue weighted by atomic mass is 10.2. The highest BCUT2D eigenvalue weighted by atomic mass is 15.0. The molecule has 0 atom stereocenters. The van der Waals surface area contributed by atoms with E-state index in [1.807, 2.05) is 45.6 Å². The van der Waals surface area contributed by atoms with Gasteiger partial charge in [0.1, 0.15) is 0 Å².